The van der Waals surface area contributed by atoms with Gasteiger partial charge in [0.1, 0.15) is 12.3 Å². The van der Waals surface area contributed by atoms with Gasteiger partial charge in [0.05, 0.1) is 32.2 Å². The summed E-state index contributed by atoms with van der Waals surface area (Å²) < 4.78 is 23.0. The van der Waals surface area contributed by atoms with E-state index >= 15 is 0 Å². The monoisotopic (exact) mass is 570 g/mol. The number of halogens is 1. The average molecular weight is 570 g/mol. The molecular weight excluding hydrogens is 535 g/mol. The van der Waals surface area contributed by atoms with Gasteiger partial charge in [-0.1, -0.05) is 13.8 Å². The molecule has 0 bridgehead atoms. The molecular formula is C24H35IN4O4. The second-order valence-corrected chi connectivity index (χ2v) is 8.61. The van der Waals surface area contributed by atoms with Crippen molar-refractivity contribution in [3.63, 3.8) is 0 Å². The lowest BCUT2D eigenvalue weighted by Gasteiger charge is -2.34. The summed E-state index contributed by atoms with van der Waals surface area (Å²) >= 11 is 0. The Morgan fingerprint density at radius 2 is 2.00 bits per heavy atom. The van der Waals surface area contributed by atoms with Crippen molar-refractivity contribution in [3.05, 3.63) is 42.4 Å². The Bertz CT molecular complexity index is 875. The number of benzene rings is 1. The number of ether oxygens (including phenoxy) is 3. The minimum Gasteiger partial charge on any atom is -0.490 e. The third-order valence-corrected chi connectivity index (χ3v) is 5.33. The second kappa shape index (κ2) is 13.0. The summed E-state index contributed by atoms with van der Waals surface area (Å²) in [4.78, 5) is 7.17. The summed E-state index contributed by atoms with van der Waals surface area (Å²) in [5, 5.41) is 6.83. The van der Waals surface area contributed by atoms with Gasteiger partial charge >= 0.3 is 0 Å². The maximum Gasteiger partial charge on any atom is 0.196 e. The molecule has 8 nitrogen and oxygen atoms in total. The van der Waals surface area contributed by atoms with Crippen LogP contribution in [-0.4, -0.2) is 63.0 Å². The van der Waals surface area contributed by atoms with Crippen molar-refractivity contribution >= 4 is 35.6 Å². The number of nitrogens with one attached hydrogen (secondary N) is 2. The minimum atomic E-state index is 0. The third-order valence-electron chi connectivity index (χ3n) is 5.33. The van der Waals surface area contributed by atoms with Crippen LogP contribution in [0.3, 0.4) is 0 Å². The minimum absolute atomic E-state index is 0. The molecule has 0 aliphatic carbocycles. The maximum absolute atomic E-state index is 5.99. The first-order chi connectivity index (χ1) is 15.7. The molecule has 0 amide bonds. The predicted octanol–water partition coefficient (Wildman–Crippen LogP) is 3.97. The van der Waals surface area contributed by atoms with Crippen molar-refractivity contribution in [3.8, 4) is 11.5 Å². The van der Waals surface area contributed by atoms with Crippen LogP contribution in [0.5, 0.6) is 11.5 Å². The Morgan fingerprint density at radius 1 is 1.15 bits per heavy atom. The van der Waals surface area contributed by atoms with Crippen molar-refractivity contribution in [1.29, 1.82) is 0 Å². The first kappa shape index (κ1) is 25.6. The highest BCUT2D eigenvalue weighted by Gasteiger charge is 2.21. The van der Waals surface area contributed by atoms with Gasteiger partial charge in [-0.05, 0) is 30.2 Å². The molecule has 2 N–H and O–H groups in total. The van der Waals surface area contributed by atoms with E-state index in [2.05, 4.69) is 29.4 Å². The number of fused-ring (bicyclic) bond motifs is 1. The number of hydrogen-bond donors (Lipinski definition) is 2. The molecule has 3 heterocycles. The Labute approximate surface area is 213 Å². The number of nitrogens with zero attached hydrogens (tertiary/aromatic N) is 2. The van der Waals surface area contributed by atoms with Crippen LogP contribution < -0.4 is 20.1 Å². The summed E-state index contributed by atoms with van der Waals surface area (Å²) in [6.45, 7) is 10.7. The lowest BCUT2D eigenvalue weighted by atomic mass is 10.2. The summed E-state index contributed by atoms with van der Waals surface area (Å²) in [7, 11) is 0. The normalized spacial score (nSPS) is 19.0. The third kappa shape index (κ3) is 8.08. The van der Waals surface area contributed by atoms with Crippen molar-refractivity contribution < 1.29 is 18.6 Å². The van der Waals surface area contributed by atoms with E-state index in [4.69, 9.17) is 23.6 Å². The summed E-state index contributed by atoms with van der Waals surface area (Å²) in [5.41, 5.74) is 0.881. The smallest absolute Gasteiger partial charge is 0.196 e. The molecule has 2 aliphatic rings. The number of morpholine rings is 1. The van der Waals surface area contributed by atoms with Gasteiger partial charge in [0.2, 0.25) is 0 Å². The molecule has 1 unspecified atom stereocenters. The lowest BCUT2D eigenvalue weighted by molar-refractivity contribution is -0.0283. The fourth-order valence-corrected chi connectivity index (χ4v) is 3.87. The first-order valence-corrected chi connectivity index (χ1v) is 11.5. The van der Waals surface area contributed by atoms with Gasteiger partial charge in [-0.15, -0.1) is 24.0 Å². The van der Waals surface area contributed by atoms with E-state index in [0.717, 1.165) is 55.6 Å². The molecule has 1 atom stereocenters. The standard InChI is InChI=1S/C24H34N4O4.HI/c1-18(2)16-28-8-12-30-21(17-28)15-26-24(25-14-20-5-3-9-29-20)27-19-6-7-22-23(13-19)32-11-4-10-31-22;/h3,5-7,9,13,18,21H,4,8,10-12,14-17H2,1-2H3,(H2,25,26,27);1H. The fraction of sp³-hybridized carbons (Fsp3) is 0.542. The number of rotatable bonds is 7. The van der Waals surface area contributed by atoms with Crippen molar-refractivity contribution in [2.75, 3.05) is 51.3 Å². The summed E-state index contributed by atoms with van der Waals surface area (Å²) in [6.07, 6.45) is 2.65. The van der Waals surface area contributed by atoms with Gasteiger partial charge < -0.3 is 29.3 Å². The predicted molar refractivity (Wildman–Crippen MR) is 140 cm³/mol. The van der Waals surface area contributed by atoms with Gasteiger partial charge in [0, 0.05) is 44.4 Å². The molecule has 2 aliphatic heterocycles. The summed E-state index contributed by atoms with van der Waals surface area (Å²) in [5.74, 6) is 3.64. The van der Waals surface area contributed by atoms with Crippen molar-refractivity contribution in [2.24, 2.45) is 10.9 Å². The van der Waals surface area contributed by atoms with E-state index in [-0.39, 0.29) is 30.1 Å². The highest BCUT2D eigenvalue weighted by Crippen LogP contribution is 2.32. The zero-order valence-electron chi connectivity index (χ0n) is 19.4. The number of aliphatic imine (C=N–C) groups is 1. The van der Waals surface area contributed by atoms with E-state index in [1.165, 1.54) is 0 Å². The van der Waals surface area contributed by atoms with Crippen LogP contribution in [-0.2, 0) is 11.3 Å². The fourth-order valence-electron chi connectivity index (χ4n) is 3.87. The van der Waals surface area contributed by atoms with Crippen LogP contribution in [0.1, 0.15) is 26.0 Å². The van der Waals surface area contributed by atoms with Crippen LogP contribution in [0, 0.1) is 5.92 Å². The van der Waals surface area contributed by atoms with E-state index in [9.17, 15) is 0 Å². The molecule has 0 saturated carbocycles. The molecule has 0 spiro atoms. The number of anilines is 1. The molecule has 0 radical (unpaired) electrons. The molecule has 1 aromatic heterocycles. The molecule has 4 rings (SSSR count). The largest absolute Gasteiger partial charge is 0.490 e. The quantitative estimate of drug-likeness (QED) is 0.296. The number of guanidine groups is 1. The molecule has 33 heavy (non-hydrogen) atoms. The first-order valence-electron chi connectivity index (χ1n) is 11.5. The van der Waals surface area contributed by atoms with Crippen LogP contribution in [0.2, 0.25) is 0 Å². The molecule has 182 valence electrons. The molecule has 9 heteroatoms. The maximum atomic E-state index is 5.99. The zero-order chi connectivity index (χ0) is 22.2. The van der Waals surface area contributed by atoms with Gasteiger partial charge in [-0.3, -0.25) is 4.90 Å². The van der Waals surface area contributed by atoms with Crippen LogP contribution in [0.25, 0.3) is 0 Å². The molecule has 1 fully saturated rings. The highest BCUT2D eigenvalue weighted by molar-refractivity contribution is 14.0. The van der Waals surface area contributed by atoms with Crippen LogP contribution >= 0.6 is 24.0 Å². The lowest BCUT2D eigenvalue weighted by Crippen LogP contribution is -2.49. The van der Waals surface area contributed by atoms with E-state index in [1.54, 1.807) is 6.26 Å². The average Bonchev–Trinajstić information content (AvgIpc) is 3.19. The van der Waals surface area contributed by atoms with Crippen molar-refractivity contribution in [1.82, 2.24) is 10.2 Å². The molecule has 1 saturated heterocycles. The Morgan fingerprint density at radius 3 is 2.79 bits per heavy atom. The van der Waals surface area contributed by atoms with Crippen molar-refractivity contribution in [2.45, 2.75) is 32.9 Å². The molecule has 1 aromatic carbocycles. The van der Waals surface area contributed by atoms with E-state index in [0.29, 0.717) is 38.2 Å². The van der Waals surface area contributed by atoms with Crippen LogP contribution in [0.15, 0.2) is 46.0 Å². The number of furan rings is 1. The van der Waals surface area contributed by atoms with Gasteiger partial charge in [0.15, 0.2) is 17.5 Å². The zero-order valence-corrected chi connectivity index (χ0v) is 21.7. The number of hydrogen-bond acceptors (Lipinski definition) is 6. The highest BCUT2D eigenvalue weighted by atomic mass is 127. The Kier molecular flexibility index (Phi) is 10.1. The van der Waals surface area contributed by atoms with Gasteiger partial charge in [-0.2, -0.15) is 0 Å². The molecule has 2 aromatic rings. The second-order valence-electron chi connectivity index (χ2n) is 8.61. The Balaban J connectivity index is 0.00000306. The van der Waals surface area contributed by atoms with Crippen LogP contribution in [0.4, 0.5) is 5.69 Å². The van der Waals surface area contributed by atoms with Gasteiger partial charge in [0.25, 0.3) is 0 Å². The van der Waals surface area contributed by atoms with E-state index in [1.807, 2.05) is 30.3 Å². The SMILES string of the molecule is CC(C)CN1CCOC(CNC(=NCc2ccco2)Nc2ccc3c(c2)OCCCO3)C1.I. The van der Waals surface area contributed by atoms with E-state index < -0.39 is 0 Å². The van der Waals surface area contributed by atoms with Gasteiger partial charge in [-0.25, -0.2) is 4.99 Å². The topological polar surface area (TPSA) is 80.5 Å². The summed E-state index contributed by atoms with van der Waals surface area (Å²) in [6, 6.07) is 9.64. The Hall–Kier alpha value is -1.98.